The number of H-pyrrole nitrogens is 1. The number of hydrogen-bond acceptors (Lipinski definition) is 10. The third kappa shape index (κ3) is 6.68. The summed E-state index contributed by atoms with van der Waals surface area (Å²) in [6.45, 7) is 2.89. The summed E-state index contributed by atoms with van der Waals surface area (Å²) >= 11 is 0. The first-order valence-electron chi connectivity index (χ1n) is 12.0. The molecule has 5 aromatic rings. The first-order chi connectivity index (χ1) is 19.0. The number of fused-ring (bicyclic) bond motifs is 1. The number of imidazole rings is 1. The predicted octanol–water partition coefficient (Wildman–Crippen LogP) is 3.94. The lowest BCUT2D eigenvalue weighted by molar-refractivity contribution is 0.136. The van der Waals surface area contributed by atoms with Crippen LogP contribution >= 0.6 is 8.38 Å². The fourth-order valence-corrected chi connectivity index (χ4v) is 4.78. The molecule has 0 bridgehead atoms. The highest BCUT2D eigenvalue weighted by atomic mass is 31.2. The second-order valence-corrected chi connectivity index (χ2v) is 9.98. The molecule has 13 heteroatoms. The van der Waals surface area contributed by atoms with Gasteiger partial charge < -0.3 is 32.9 Å². The molecule has 3 heterocycles. The van der Waals surface area contributed by atoms with Gasteiger partial charge in [-0.05, 0) is 12.5 Å². The number of aryl methyl sites for hydroxylation is 1. The average molecular weight is 551 g/mol. The Bertz CT molecular complexity index is 1640. The lowest BCUT2D eigenvalue weighted by Gasteiger charge is -2.17. The summed E-state index contributed by atoms with van der Waals surface area (Å²) in [4.78, 5) is 34.5. The molecular weight excluding hydrogens is 525 g/mol. The molecule has 0 aliphatic carbocycles. The fraction of sp³-hybridized carbons (Fsp3) is 0.231. The molecule has 0 spiro atoms. The summed E-state index contributed by atoms with van der Waals surface area (Å²) in [5, 5.41) is 0. The molecule has 39 heavy (non-hydrogen) atoms. The molecule has 0 aliphatic heterocycles. The molecule has 0 radical (unpaired) electrons. The number of nitrogens with one attached hydrogen (secondary N) is 1. The van der Waals surface area contributed by atoms with E-state index in [2.05, 4.69) is 15.0 Å². The van der Waals surface area contributed by atoms with Crippen molar-refractivity contribution in [2.45, 2.75) is 26.7 Å². The van der Waals surface area contributed by atoms with Gasteiger partial charge in [0.25, 0.3) is 5.56 Å². The van der Waals surface area contributed by atoms with Crippen molar-refractivity contribution < 1.29 is 22.6 Å². The molecule has 0 amide bonds. The van der Waals surface area contributed by atoms with Crippen LogP contribution in [0.5, 0.6) is 0 Å². The van der Waals surface area contributed by atoms with Crippen molar-refractivity contribution in [3.63, 3.8) is 0 Å². The van der Waals surface area contributed by atoms with E-state index >= 15 is 0 Å². The van der Waals surface area contributed by atoms with E-state index in [0.717, 1.165) is 11.1 Å². The lowest BCUT2D eigenvalue weighted by atomic mass is 10.1. The van der Waals surface area contributed by atoms with Gasteiger partial charge in [0.2, 0.25) is 5.95 Å². The molecular formula is C26H26N5O7P. The number of rotatable bonds is 12. The van der Waals surface area contributed by atoms with E-state index in [1.165, 1.54) is 6.33 Å². The summed E-state index contributed by atoms with van der Waals surface area (Å²) in [7, 11) is -1.54. The van der Waals surface area contributed by atoms with Crippen LogP contribution in [0, 0.1) is 6.92 Å². The zero-order chi connectivity index (χ0) is 27.2. The predicted molar refractivity (Wildman–Crippen MR) is 144 cm³/mol. The Balaban J connectivity index is 1.23. The first kappa shape index (κ1) is 26.5. The molecule has 3 aromatic heterocycles. The third-order valence-electron chi connectivity index (χ3n) is 5.68. The number of benzene rings is 2. The Hall–Kier alpha value is -4.09. The molecule has 0 aliphatic rings. The van der Waals surface area contributed by atoms with Crippen molar-refractivity contribution in [2.75, 3.05) is 18.7 Å². The van der Waals surface area contributed by atoms with E-state index in [1.54, 1.807) is 4.57 Å². The molecule has 0 saturated heterocycles. The van der Waals surface area contributed by atoms with Crippen LogP contribution in [0.4, 0.5) is 5.95 Å². The highest BCUT2D eigenvalue weighted by Crippen LogP contribution is 2.41. The lowest BCUT2D eigenvalue weighted by Crippen LogP contribution is -2.13. The maximum Gasteiger partial charge on any atom is 0.519 e. The Kier molecular flexibility index (Phi) is 8.28. The molecule has 0 saturated carbocycles. The number of nitrogen functional groups attached to an aromatic ring is 1. The quantitative estimate of drug-likeness (QED) is 0.172. The van der Waals surface area contributed by atoms with Crippen molar-refractivity contribution in [1.82, 2.24) is 19.5 Å². The van der Waals surface area contributed by atoms with Crippen molar-refractivity contribution in [2.24, 2.45) is 0 Å². The Morgan fingerprint density at radius 2 is 1.79 bits per heavy atom. The Labute approximate surface area is 223 Å². The van der Waals surface area contributed by atoms with Crippen LogP contribution in [0.25, 0.3) is 22.5 Å². The van der Waals surface area contributed by atoms with Gasteiger partial charge in [0.1, 0.15) is 13.0 Å². The summed E-state index contributed by atoms with van der Waals surface area (Å²) < 4.78 is 30.1. The van der Waals surface area contributed by atoms with Gasteiger partial charge in [-0.1, -0.05) is 60.2 Å². The summed E-state index contributed by atoms with van der Waals surface area (Å²) in [5.41, 5.74) is 8.59. The highest BCUT2D eigenvalue weighted by Gasteiger charge is 2.19. The zero-order valence-corrected chi connectivity index (χ0v) is 21.9. The normalized spacial score (nSPS) is 12.2. The summed E-state index contributed by atoms with van der Waals surface area (Å²) in [5.74, 6) is -0.223. The monoisotopic (exact) mass is 551 g/mol. The van der Waals surface area contributed by atoms with Crippen LogP contribution in [-0.2, 0) is 33.5 Å². The van der Waals surface area contributed by atoms with Gasteiger partial charge >= 0.3 is 5.82 Å². The van der Waals surface area contributed by atoms with Gasteiger partial charge in [0.05, 0.1) is 19.5 Å². The second-order valence-electron chi connectivity index (χ2n) is 8.54. The average Bonchev–Trinajstić information content (AvgIpc) is 3.51. The Morgan fingerprint density at radius 1 is 1.03 bits per heavy atom. The van der Waals surface area contributed by atoms with Gasteiger partial charge in [-0.15, -0.1) is 0 Å². The number of nitrogens with two attached hydrogens (primary N) is 1. The van der Waals surface area contributed by atoms with Crippen molar-refractivity contribution in [1.29, 1.82) is 0 Å². The van der Waals surface area contributed by atoms with Crippen LogP contribution in [0.1, 0.15) is 16.9 Å². The number of aromatic amines is 1. The first-order valence-corrected chi connectivity index (χ1v) is 13.4. The van der Waals surface area contributed by atoms with E-state index in [-0.39, 0.29) is 36.8 Å². The molecule has 12 nitrogen and oxygen atoms in total. The third-order valence-corrected chi connectivity index (χ3v) is 6.91. The molecule has 2 aromatic carbocycles. The molecule has 0 fully saturated rings. The number of ether oxygens (including phenoxy) is 1. The number of nitrogens with zero attached hydrogens (tertiary/aromatic N) is 3. The molecule has 5 rings (SSSR count). The van der Waals surface area contributed by atoms with E-state index in [1.807, 2.05) is 61.5 Å². The molecule has 3 N–H and O–H groups in total. The van der Waals surface area contributed by atoms with Crippen molar-refractivity contribution in [3.05, 3.63) is 98.8 Å². The van der Waals surface area contributed by atoms with Gasteiger partial charge in [0.15, 0.2) is 31.1 Å². The smallest absolute Gasteiger partial charge is 0.393 e. The van der Waals surface area contributed by atoms with Gasteiger partial charge in [0, 0.05) is 12.1 Å². The summed E-state index contributed by atoms with van der Waals surface area (Å²) in [6.07, 6.45) is 1.65. The van der Waals surface area contributed by atoms with Crippen LogP contribution in [0.15, 0.2) is 79.3 Å². The minimum Gasteiger partial charge on any atom is -0.393 e. The van der Waals surface area contributed by atoms with E-state index in [9.17, 15) is 9.59 Å². The SMILES string of the molecule is Cc1ccc(-c2oc(=O)oc2COP(COCCn2cnc3c(=O)[nH]c(N)nc32)OCc2ccccc2)cc1. The number of anilines is 1. The van der Waals surface area contributed by atoms with Crippen molar-refractivity contribution >= 4 is 25.5 Å². The molecule has 1 unspecified atom stereocenters. The minimum absolute atomic E-state index is 0.0114. The van der Waals surface area contributed by atoms with Gasteiger partial charge in [-0.3, -0.25) is 9.78 Å². The summed E-state index contributed by atoms with van der Waals surface area (Å²) in [6, 6.07) is 17.2. The zero-order valence-electron chi connectivity index (χ0n) is 21.0. The topological polar surface area (TPSA) is 161 Å². The maximum atomic E-state index is 12.0. The van der Waals surface area contributed by atoms with Crippen LogP contribution in [0.2, 0.25) is 0 Å². The van der Waals surface area contributed by atoms with E-state index in [0.29, 0.717) is 30.1 Å². The molecule has 1 atom stereocenters. The van der Waals surface area contributed by atoms with Gasteiger partial charge in [-0.25, -0.2) is 9.78 Å². The minimum atomic E-state index is -1.54. The standard InChI is InChI=1S/C26H26N5O7P/c1-17-7-9-19(10-8-17)22-20(37-26(33)38-22)14-36-39(35-13-18-5-3-2-4-6-18)16-34-12-11-31-15-28-21-23(31)29-25(27)30-24(21)32/h2-10,15H,11-14,16H2,1H3,(H3,27,29,30,32). The van der Waals surface area contributed by atoms with Crippen LogP contribution in [0.3, 0.4) is 0 Å². The highest BCUT2D eigenvalue weighted by molar-refractivity contribution is 7.46. The van der Waals surface area contributed by atoms with Gasteiger partial charge in [-0.2, -0.15) is 4.98 Å². The van der Waals surface area contributed by atoms with Crippen LogP contribution in [-0.4, -0.2) is 32.5 Å². The molecule has 202 valence electrons. The van der Waals surface area contributed by atoms with E-state index < -0.39 is 19.8 Å². The van der Waals surface area contributed by atoms with Crippen molar-refractivity contribution in [3.8, 4) is 11.3 Å². The van der Waals surface area contributed by atoms with Crippen LogP contribution < -0.4 is 17.1 Å². The maximum absolute atomic E-state index is 12.0. The number of hydrogen-bond donors (Lipinski definition) is 2. The Morgan fingerprint density at radius 3 is 2.59 bits per heavy atom. The fourth-order valence-electron chi connectivity index (χ4n) is 3.73. The number of aromatic nitrogens is 4. The second kappa shape index (κ2) is 12.2. The van der Waals surface area contributed by atoms with E-state index in [4.69, 9.17) is 28.4 Å². The largest absolute Gasteiger partial charge is 0.519 e.